The first-order valence-electron chi connectivity index (χ1n) is 5.49. The van der Waals surface area contributed by atoms with Gasteiger partial charge in [0.15, 0.2) is 12.4 Å². The lowest BCUT2D eigenvalue weighted by atomic mass is 9.87. The molecule has 0 spiro atoms. The summed E-state index contributed by atoms with van der Waals surface area (Å²) in [6.07, 6.45) is 5.87. The van der Waals surface area contributed by atoms with Crippen LogP contribution >= 0.6 is 0 Å². The van der Waals surface area contributed by atoms with Crippen LogP contribution in [0.25, 0.3) is 0 Å². The largest absolute Gasteiger partial charge is 0.619 e. The summed E-state index contributed by atoms with van der Waals surface area (Å²) in [4.78, 5) is 0. The summed E-state index contributed by atoms with van der Waals surface area (Å²) in [5.41, 5.74) is 1.25. The average molecular weight is 207 g/mol. The van der Waals surface area contributed by atoms with Crippen molar-refractivity contribution in [3.05, 3.63) is 35.3 Å². The van der Waals surface area contributed by atoms with E-state index >= 15 is 0 Å². The van der Waals surface area contributed by atoms with E-state index in [1.807, 2.05) is 12.1 Å². The molecule has 0 N–H and O–H groups in total. The molecule has 1 aliphatic heterocycles. The maximum Gasteiger partial charge on any atom is 0.180 e. The highest BCUT2D eigenvalue weighted by Crippen LogP contribution is 2.32. The van der Waals surface area contributed by atoms with E-state index in [2.05, 4.69) is 13.8 Å². The molecule has 0 bridgehead atoms. The van der Waals surface area contributed by atoms with Crippen LogP contribution in [-0.4, -0.2) is 12.2 Å². The molecule has 3 heteroatoms. The lowest BCUT2D eigenvalue weighted by Gasteiger charge is -2.32. The van der Waals surface area contributed by atoms with Gasteiger partial charge in [0.05, 0.1) is 12.2 Å². The summed E-state index contributed by atoms with van der Waals surface area (Å²) in [7, 11) is 0. The summed E-state index contributed by atoms with van der Waals surface area (Å²) in [6.45, 7) is 4.22. The number of ether oxygens (including phenoxy) is 1. The smallest absolute Gasteiger partial charge is 0.180 e. The topological polar surface area (TPSA) is 36.2 Å². The van der Waals surface area contributed by atoms with Crippen LogP contribution in [0.1, 0.15) is 38.2 Å². The highest BCUT2D eigenvalue weighted by molar-refractivity contribution is 5.15. The van der Waals surface area contributed by atoms with Crippen LogP contribution in [0, 0.1) is 5.21 Å². The van der Waals surface area contributed by atoms with Crippen LogP contribution < -0.4 is 4.73 Å². The monoisotopic (exact) mass is 207 g/mol. The summed E-state index contributed by atoms with van der Waals surface area (Å²) >= 11 is 0. The van der Waals surface area contributed by atoms with Gasteiger partial charge in [-0.05, 0) is 38.2 Å². The van der Waals surface area contributed by atoms with E-state index in [0.29, 0.717) is 18.1 Å². The number of pyridine rings is 1. The van der Waals surface area contributed by atoms with Gasteiger partial charge in [0, 0.05) is 12.1 Å². The Labute approximate surface area is 90.3 Å². The highest BCUT2D eigenvalue weighted by atomic mass is 16.5. The molecule has 1 aliphatic rings. The quantitative estimate of drug-likeness (QED) is 0.521. The van der Waals surface area contributed by atoms with Crippen molar-refractivity contribution in [3.8, 4) is 0 Å². The van der Waals surface area contributed by atoms with Crippen molar-refractivity contribution in [2.45, 2.75) is 44.8 Å². The second-order valence-corrected chi connectivity index (χ2v) is 4.42. The van der Waals surface area contributed by atoms with Crippen LogP contribution in [0.15, 0.2) is 24.5 Å². The standard InChI is InChI=1S/C12H17NO2/c1-9-7-12(8-10(2)15-9)11-3-5-13(14)6-4-11/h3-6,9-10,12H,7-8H2,1-2H3/t9-,10-/m0/s1. The van der Waals surface area contributed by atoms with Crippen LogP contribution in [0.4, 0.5) is 0 Å². The van der Waals surface area contributed by atoms with Gasteiger partial charge >= 0.3 is 0 Å². The van der Waals surface area contributed by atoms with Gasteiger partial charge in [-0.1, -0.05) is 0 Å². The van der Waals surface area contributed by atoms with Crippen molar-refractivity contribution in [1.82, 2.24) is 0 Å². The molecule has 0 unspecified atom stereocenters. The minimum Gasteiger partial charge on any atom is -0.619 e. The predicted molar refractivity (Wildman–Crippen MR) is 57.4 cm³/mol. The molecule has 1 saturated heterocycles. The molecule has 2 atom stereocenters. The van der Waals surface area contributed by atoms with Gasteiger partial charge in [0.2, 0.25) is 0 Å². The van der Waals surface area contributed by atoms with E-state index in [9.17, 15) is 5.21 Å². The molecule has 2 heterocycles. The summed E-state index contributed by atoms with van der Waals surface area (Å²) in [6, 6.07) is 3.84. The number of rotatable bonds is 1. The summed E-state index contributed by atoms with van der Waals surface area (Å²) in [5, 5.41) is 10.9. The molecular weight excluding hydrogens is 190 g/mol. The predicted octanol–water partition coefficient (Wildman–Crippen LogP) is 1.99. The molecule has 2 rings (SSSR count). The van der Waals surface area contributed by atoms with Crippen LogP contribution in [0.5, 0.6) is 0 Å². The zero-order valence-corrected chi connectivity index (χ0v) is 9.22. The van der Waals surface area contributed by atoms with Crippen LogP contribution in [0.3, 0.4) is 0 Å². The van der Waals surface area contributed by atoms with Gasteiger partial charge in [-0.2, -0.15) is 4.73 Å². The molecule has 0 aliphatic carbocycles. The SMILES string of the molecule is C[C@H]1CC(c2cc[n+]([O-])cc2)C[C@H](C)O1. The number of nitrogens with zero attached hydrogens (tertiary/aromatic N) is 1. The fourth-order valence-corrected chi connectivity index (χ4v) is 2.37. The number of hydrogen-bond donors (Lipinski definition) is 0. The van der Waals surface area contributed by atoms with E-state index in [1.165, 1.54) is 5.56 Å². The first kappa shape index (κ1) is 10.4. The third-order valence-corrected chi connectivity index (χ3v) is 3.00. The van der Waals surface area contributed by atoms with Gasteiger partial charge in [-0.3, -0.25) is 0 Å². The average Bonchev–Trinajstić information content (AvgIpc) is 2.17. The Morgan fingerprint density at radius 2 is 1.73 bits per heavy atom. The zero-order valence-electron chi connectivity index (χ0n) is 9.22. The van der Waals surface area contributed by atoms with Crippen molar-refractivity contribution < 1.29 is 9.47 Å². The molecule has 15 heavy (non-hydrogen) atoms. The van der Waals surface area contributed by atoms with E-state index in [-0.39, 0.29) is 0 Å². The maximum atomic E-state index is 10.9. The molecule has 1 fully saturated rings. The van der Waals surface area contributed by atoms with Gasteiger partial charge in [0.1, 0.15) is 0 Å². The molecular formula is C12H17NO2. The summed E-state index contributed by atoms with van der Waals surface area (Å²) in [5.74, 6) is 0.532. The van der Waals surface area contributed by atoms with Gasteiger partial charge < -0.3 is 9.94 Å². The first-order valence-corrected chi connectivity index (χ1v) is 5.49. The third kappa shape index (κ3) is 2.48. The van der Waals surface area contributed by atoms with Gasteiger partial charge in [0.25, 0.3) is 0 Å². The fraction of sp³-hybridized carbons (Fsp3) is 0.583. The number of hydrogen-bond acceptors (Lipinski definition) is 2. The van der Waals surface area contributed by atoms with Crippen molar-refractivity contribution in [2.24, 2.45) is 0 Å². The van der Waals surface area contributed by atoms with Crippen molar-refractivity contribution >= 4 is 0 Å². The number of aromatic nitrogens is 1. The van der Waals surface area contributed by atoms with Gasteiger partial charge in [-0.15, -0.1) is 0 Å². The van der Waals surface area contributed by atoms with Gasteiger partial charge in [-0.25, -0.2) is 0 Å². The molecule has 3 nitrogen and oxygen atoms in total. The van der Waals surface area contributed by atoms with E-state index in [0.717, 1.165) is 17.6 Å². The van der Waals surface area contributed by atoms with Crippen LogP contribution in [0.2, 0.25) is 0 Å². The lowest BCUT2D eigenvalue weighted by Crippen LogP contribution is -2.29. The molecule has 0 aromatic carbocycles. The fourth-order valence-electron chi connectivity index (χ4n) is 2.37. The minimum absolute atomic E-state index is 0.318. The minimum atomic E-state index is 0.318. The Morgan fingerprint density at radius 3 is 2.27 bits per heavy atom. The van der Waals surface area contributed by atoms with Crippen molar-refractivity contribution in [1.29, 1.82) is 0 Å². The zero-order chi connectivity index (χ0) is 10.8. The molecule has 0 amide bonds. The highest BCUT2D eigenvalue weighted by Gasteiger charge is 2.25. The Bertz CT molecular complexity index is 313. The third-order valence-electron chi connectivity index (χ3n) is 3.00. The molecule has 0 radical (unpaired) electrons. The Hall–Kier alpha value is -1.09. The molecule has 0 saturated carbocycles. The second-order valence-electron chi connectivity index (χ2n) is 4.42. The Balaban J connectivity index is 2.12. The van der Waals surface area contributed by atoms with Crippen LogP contribution in [-0.2, 0) is 4.74 Å². The Morgan fingerprint density at radius 1 is 1.20 bits per heavy atom. The van der Waals surface area contributed by atoms with E-state index in [4.69, 9.17) is 4.74 Å². The van der Waals surface area contributed by atoms with Crippen molar-refractivity contribution in [2.75, 3.05) is 0 Å². The molecule has 1 aromatic heterocycles. The van der Waals surface area contributed by atoms with Crippen molar-refractivity contribution in [3.63, 3.8) is 0 Å². The maximum absolute atomic E-state index is 10.9. The molecule has 1 aromatic rings. The van der Waals surface area contributed by atoms with E-state index < -0.39 is 0 Å². The van der Waals surface area contributed by atoms with E-state index in [1.54, 1.807) is 12.4 Å². The second kappa shape index (κ2) is 4.19. The summed E-state index contributed by atoms with van der Waals surface area (Å²) < 4.78 is 6.52. The lowest BCUT2D eigenvalue weighted by molar-refractivity contribution is -0.605. The first-order chi connectivity index (χ1) is 7.15. The Kier molecular flexibility index (Phi) is 2.91. The normalized spacial score (nSPS) is 31.5. The molecule has 82 valence electrons.